The molecule has 3 rings (SSSR count). The van der Waals surface area contributed by atoms with Crippen molar-refractivity contribution in [1.82, 2.24) is 4.90 Å². The quantitative estimate of drug-likeness (QED) is 0.520. The van der Waals surface area contributed by atoms with E-state index in [1.807, 2.05) is 49.4 Å². The summed E-state index contributed by atoms with van der Waals surface area (Å²) in [4.78, 5) is 45.1. The Hall–Kier alpha value is -2.05. The molecule has 29 heavy (non-hydrogen) atoms. The Labute approximate surface area is 170 Å². The number of hydrogen-bond acceptors (Lipinski definition) is 4. The van der Waals surface area contributed by atoms with Gasteiger partial charge in [0.25, 0.3) is 0 Å². The molecule has 1 aromatic rings. The molecule has 3 atom stereocenters. The largest absolute Gasteiger partial charge is 0.471 e. The average Bonchev–Trinajstić information content (AvgIpc) is 2.72. The summed E-state index contributed by atoms with van der Waals surface area (Å²) in [5, 5.41) is 0. The van der Waals surface area contributed by atoms with Gasteiger partial charge in [-0.15, -0.1) is 0 Å². The summed E-state index contributed by atoms with van der Waals surface area (Å²) in [6, 6.07) is 8.60. The third kappa shape index (κ3) is 4.14. The SMILES string of the molecule is CCC1CC(C=O)N(COP(=O)(O)O)C(=O)C1(C1=CCCC=C1)c1ccccc1. The van der Waals surface area contributed by atoms with Crippen LogP contribution in [0.5, 0.6) is 0 Å². The van der Waals surface area contributed by atoms with Crippen LogP contribution in [-0.2, 0) is 24.1 Å². The van der Waals surface area contributed by atoms with E-state index in [1.165, 1.54) is 0 Å². The lowest BCUT2D eigenvalue weighted by molar-refractivity contribution is -0.153. The Balaban J connectivity index is 2.16. The van der Waals surface area contributed by atoms with Crippen molar-refractivity contribution >= 4 is 20.0 Å². The predicted molar refractivity (Wildman–Crippen MR) is 108 cm³/mol. The van der Waals surface area contributed by atoms with E-state index in [4.69, 9.17) is 9.79 Å². The van der Waals surface area contributed by atoms with Gasteiger partial charge in [-0.25, -0.2) is 4.57 Å². The van der Waals surface area contributed by atoms with Crippen LogP contribution >= 0.6 is 7.82 Å². The molecule has 2 N–H and O–H groups in total. The maximum absolute atomic E-state index is 14.0. The van der Waals surface area contributed by atoms with Crippen molar-refractivity contribution in [2.45, 2.75) is 44.1 Å². The predicted octanol–water partition coefficient (Wildman–Crippen LogP) is 3.09. The number of aldehydes is 1. The molecule has 8 heteroatoms. The highest BCUT2D eigenvalue weighted by molar-refractivity contribution is 7.46. The van der Waals surface area contributed by atoms with Gasteiger partial charge in [0.2, 0.25) is 5.91 Å². The third-order valence-electron chi connectivity index (χ3n) is 5.83. The van der Waals surface area contributed by atoms with E-state index in [1.54, 1.807) is 0 Å². The Morgan fingerprint density at radius 2 is 2.00 bits per heavy atom. The smallest absolute Gasteiger partial charge is 0.308 e. The van der Waals surface area contributed by atoms with Crippen LogP contribution in [-0.4, -0.2) is 39.7 Å². The summed E-state index contributed by atoms with van der Waals surface area (Å²) in [7, 11) is -4.80. The number of allylic oxidation sites excluding steroid dienone is 3. The zero-order valence-electron chi connectivity index (χ0n) is 16.3. The van der Waals surface area contributed by atoms with Gasteiger partial charge in [-0.2, -0.15) is 0 Å². The fourth-order valence-corrected chi connectivity index (χ4v) is 4.81. The molecule has 1 saturated heterocycles. The molecule has 1 aliphatic heterocycles. The van der Waals surface area contributed by atoms with Crippen molar-refractivity contribution in [3.8, 4) is 0 Å². The number of likely N-dealkylation sites (tertiary alicyclic amines) is 1. The lowest BCUT2D eigenvalue weighted by Crippen LogP contribution is -2.61. The van der Waals surface area contributed by atoms with Crippen LogP contribution in [0.2, 0.25) is 0 Å². The van der Waals surface area contributed by atoms with Gasteiger partial charge in [0, 0.05) is 0 Å². The zero-order valence-corrected chi connectivity index (χ0v) is 17.2. The molecule has 1 aliphatic carbocycles. The summed E-state index contributed by atoms with van der Waals surface area (Å²) in [6.07, 6.45) is 9.45. The molecular weight excluding hydrogens is 393 g/mol. The van der Waals surface area contributed by atoms with Crippen LogP contribution in [0.25, 0.3) is 0 Å². The van der Waals surface area contributed by atoms with Crippen LogP contribution in [0, 0.1) is 5.92 Å². The van der Waals surface area contributed by atoms with E-state index in [-0.39, 0.29) is 11.8 Å². The van der Waals surface area contributed by atoms with Crippen molar-refractivity contribution in [2.24, 2.45) is 5.92 Å². The van der Waals surface area contributed by atoms with E-state index in [2.05, 4.69) is 10.6 Å². The zero-order chi connectivity index (χ0) is 21.1. The van der Waals surface area contributed by atoms with Crippen molar-refractivity contribution in [3.05, 3.63) is 59.7 Å². The molecule has 1 fully saturated rings. The number of nitrogens with zero attached hydrogens (tertiary/aromatic N) is 1. The number of rotatable bonds is 7. The van der Waals surface area contributed by atoms with Gasteiger partial charge >= 0.3 is 7.82 Å². The van der Waals surface area contributed by atoms with Crippen LogP contribution in [0.4, 0.5) is 0 Å². The molecule has 1 amide bonds. The van der Waals surface area contributed by atoms with E-state index >= 15 is 0 Å². The van der Waals surface area contributed by atoms with Gasteiger partial charge in [-0.3, -0.25) is 9.32 Å². The second-order valence-corrected chi connectivity index (χ2v) is 8.62. The summed E-state index contributed by atoms with van der Waals surface area (Å²) >= 11 is 0. The summed E-state index contributed by atoms with van der Waals surface area (Å²) in [5.74, 6) is -0.516. The van der Waals surface area contributed by atoms with Gasteiger partial charge in [0.05, 0.1) is 6.04 Å². The summed E-state index contributed by atoms with van der Waals surface area (Å²) in [6.45, 7) is 1.35. The maximum atomic E-state index is 14.0. The first kappa shape index (κ1) is 21.7. The summed E-state index contributed by atoms with van der Waals surface area (Å²) in [5.41, 5.74) is 0.627. The number of piperidine rings is 1. The Kier molecular flexibility index (Phi) is 6.54. The monoisotopic (exact) mass is 419 g/mol. The minimum Gasteiger partial charge on any atom is -0.308 e. The van der Waals surface area contributed by atoms with Gasteiger partial charge in [0.1, 0.15) is 18.4 Å². The number of phosphoric ester groups is 1. The molecule has 0 aromatic heterocycles. The molecule has 3 unspecified atom stereocenters. The van der Waals surface area contributed by atoms with E-state index < -0.39 is 26.0 Å². The molecule has 0 spiro atoms. The van der Waals surface area contributed by atoms with Crippen LogP contribution in [0.3, 0.4) is 0 Å². The molecule has 0 radical (unpaired) electrons. The Morgan fingerprint density at radius 1 is 1.28 bits per heavy atom. The molecule has 1 aromatic carbocycles. The van der Waals surface area contributed by atoms with Crippen molar-refractivity contribution in [2.75, 3.05) is 6.73 Å². The first-order valence-corrected chi connectivity index (χ1v) is 11.3. The molecule has 2 aliphatic rings. The average molecular weight is 419 g/mol. The highest BCUT2D eigenvalue weighted by Gasteiger charge is 2.55. The van der Waals surface area contributed by atoms with E-state index in [9.17, 15) is 14.2 Å². The van der Waals surface area contributed by atoms with E-state index in [0.29, 0.717) is 19.1 Å². The number of benzene rings is 1. The van der Waals surface area contributed by atoms with Crippen molar-refractivity contribution < 1.29 is 28.5 Å². The highest BCUT2D eigenvalue weighted by Crippen LogP contribution is 2.50. The normalized spacial score (nSPS) is 27.6. The van der Waals surface area contributed by atoms with Crippen LogP contribution < -0.4 is 0 Å². The number of carbonyl (C=O) groups is 2. The number of carbonyl (C=O) groups excluding carboxylic acids is 2. The van der Waals surface area contributed by atoms with Gasteiger partial charge in [-0.05, 0) is 36.3 Å². The maximum Gasteiger partial charge on any atom is 0.471 e. The number of hydrogen-bond donors (Lipinski definition) is 2. The standard InChI is InChI=1S/C21H26NO6P/c1-2-16-13-19(14-23)22(15-28-29(25,26)27)20(24)21(16,17-9-5-3-6-10-17)18-11-7-4-8-12-18/h3,5-7,9-12,14,16,19H,2,4,8,13,15H2,1H3,(H2,25,26,27). The third-order valence-corrected chi connectivity index (χ3v) is 6.28. The van der Waals surface area contributed by atoms with Crippen LogP contribution in [0.15, 0.2) is 54.1 Å². The van der Waals surface area contributed by atoms with Gasteiger partial charge in [0.15, 0.2) is 0 Å². The minimum absolute atomic E-state index is 0.145. The molecule has 7 nitrogen and oxygen atoms in total. The first-order chi connectivity index (χ1) is 13.8. The summed E-state index contributed by atoms with van der Waals surface area (Å²) < 4.78 is 15.9. The lowest BCUT2D eigenvalue weighted by Gasteiger charge is -2.50. The first-order valence-electron chi connectivity index (χ1n) is 9.73. The van der Waals surface area contributed by atoms with Gasteiger partial charge in [-0.1, -0.05) is 61.9 Å². The molecular formula is C21H26NO6P. The topological polar surface area (TPSA) is 104 Å². The van der Waals surface area contributed by atoms with Crippen molar-refractivity contribution in [3.63, 3.8) is 0 Å². The Bertz CT molecular complexity index is 861. The fraction of sp³-hybridized carbons (Fsp3) is 0.429. The highest BCUT2D eigenvalue weighted by atomic mass is 31.2. The fourth-order valence-electron chi connectivity index (χ4n) is 4.53. The molecule has 0 bridgehead atoms. The van der Waals surface area contributed by atoms with Gasteiger partial charge < -0.3 is 19.5 Å². The Morgan fingerprint density at radius 3 is 2.55 bits per heavy atom. The molecule has 0 saturated carbocycles. The molecule has 156 valence electrons. The van der Waals surface area contributed by atoms with E-state index in [0.717, 1.165) is 28.9 Å². The van der Waals surface area contributed by atoms with Crippen molar-refractivity contribution in [1.29, 1.82) is 0 Å². The minimum atomic E-state index is -4.80. The number of phosphoric acid groups is 1. The molecule has 1 heterocycles. The van der Waals surface area contributed by atoms with Crippen LogP contribution in [0.1, 0.15) is 38.2 Å². The second kappa shape index (κ2) is 8.76. The number of amides is 1. The lowest BCUT2D eigenvalue weighted by atomic mass is 9.59. The second-order valence-electron chi connectivity index (χ2n) is 7.38.